The first-order chi connectivity index (χ1) is 7.81. The van der Waals surface area contributed by atoms with Gasteiger partial charge in [0.25, 0.3) is 0 Å². The van der Waals surface area contributed by atoms with Gasteiger partial charge in [0.05, 0.1) is 0 Å². The lowest BCUT2D eigenvalue weighted by Gasteiger charge is -2.25. The van der Waals surface area contributed by atoms with Crippen LogP contribution in [0.5, 0.6) is 0 Å². The van der Waals surface area contributed by atoms with Crippen LogP contribution in [0.1, 0.15) is 18.4 Å². The fourth-order valence-corrected chi connectivity index (χ4v) is 2.35. The molecule has 0 saturated heterocycles. The van der Waals surface area contributed by atoms with E-state index in [9.17, 15) is 0 Å². The molecular weight excluding hydrogens is 214 g/mol. The van der Waals surface area contributed by atoms with Crippen molar-refractivity contribution in [2.75, 3.05) is 23.7 Å². The molecule has 0 N–H and O–H groups in total. The number of hydrogen-bond donors (Lipinski definition) is 1. The zero-order chi connectivity index (χ0) is 11.4. The van der Waals surface area contributed by atoms with Gasteiger partial charge in [-0.15, -0.1) is 0 Å². The summed E-state index contributed by atoms with van der Waals surface area (Å²) in [6.07, 6.45) is 3.77. The maximum atomic E-state index is 4.29. The largest absolute Gasteiger partial charge is 0.367 e. The zero-order valence-electron chi connectivity index (χ0n) is 9.65. The van der Waals surface area contributed by atoms with E-state index in [0.717, 1.165) is 18.8 Å². The van der Waals surface area contributed by atoms with Crippen molar-refractivity contribution in [3.63, 3.8) is 0 Å². The van der Waals surface area contributed by atoms with Crippen LogP contribution in [-0.4, -0.2) is 18.8 Å². The van der Waals surface area contributed by atoms with Crippen LogP contribution in [0.15, 0.2) is 36.4 Å². The van der Waals surface area contributed by atoms with Gasteiger partial charge in [-0.1, -0.05) is 24.8 Å². The van der Waals surface area contributed by atoms with Crippen LogP contribution in [0.2, 0.25) is 0 Å². The topological polar surface area (TPSA) is 3.24 Å². The lowest BCUT2D eigenvalue weighted by Crippen LogP contribution is -2.26. The SMILES string of the molecule is C=C(CS)CN1CCCCc2ccccc21. The van der Waals surface area contributed by atoms with Gasteiger partial charge in [-0.3, -0.25) is 0 Å². The van der Waals surface area contributed by atoms with Crippen molar-refractivity contribution in [3.8, 4) is 0 Å². The highest BCUT2D eigenvalue weighted by Gasteiger charge is 2.14. The maximum absolute atomic E-state index is 4.29. The van der Waals surface area contributed by atoms with E-state index in [1.807, 2.05) is 0 Å². The summed E-state index contributed by atoms with van der Waals surface area (Å²) >= 11 is 4.29. The Morgan fingerprint density at radius 2 is 2.12 bits per heavy atom. The molecule has 16 heavy (non-hydrogen) atoms. The van der Waals surface area contributed by atoms with Crippen molar-refractivity contribution in [1.82, 2.24) is 0 Å². The fraction of sp³-hybridized carbons (Fsp3) is 0.429. The third kappa shape index (κ3) is 2.62. The Morgan fingerprint density at radius 1 is 1.31 bits per heavy atom. The minimum absolute atomic E-state index is 0.776. The van der Waals surface area contributed by atoms with Gasteiger partial charge in [0.1, 0.15) is 0 Å². The molecule has 1 heterocycles. The molecular formula is C14H19NS. The summed E-state index contributed by atoms with van der Waals surface area (Å²) in [6.45, 7) is 6.14. The smallest absolute Gasteiger partial charge is 0.0401 e. The number of rotatable bonds is 3. The summed E-state index contributed by atoms with van der Waals surface area (Å²) in [6, 6.07) is 8.74. The second-order valence-electron chi connectivity index (χ2n) is 4.42. The van der Waals surface area contributed by atoms with Crippen LogP contribution in [0.4, 0.5) is 5.69 Å². The number of para-hydroxylation sites is 1. The lowest BCUT2D eigenvalue weighted by atomic mass is 10.1. The van der Waals surface area contributed by atoms with E-state index in [0.29, 0.717) is 0 Å². The van der Waals surface area contributed by atoms with E-state index in [1.54, 1.807) is 0 Å². The van der Waals surface area contributed by atoms with Gasteiger partial charge < -0.3 is 4.90 Å². The summed E-state index contributed by atoms with van der Waals surface area (Å²) in [7, 11) is 0. The normalized spacial score (nSPS) is 15.4. The van der Waals surface area contributed by atoms with Crippen LogP contribution in [-0.2, 0) is 6.42 Å². The Morgan fingerprint density at radius 3 is 2.94 bits per heavy atom. The van der Waals surface area contributed by atoms with Crippen LogP contribution in [0, 0.1) is 0 Å². The molecule has 0 aliphatic carbocycles. The first-order valence-electron chi connectivity index (χ1n) is 5.91. The van der Waals surface area contributed by atoms with Crippen LogP contribution in [0.25, 0.3) is 0 Å². The van der Waals surface area contributed by atoms with Gasteiger partial charge in [-0.25, -0.2) is 0 Å². The monoisotopic (exact) mass is 233 g/mol. The fourth-order valence-electron chi connectivity index (χ4n) is 2.25. The minimum Gasteiger partial charge on any atom is -0.367 e. The molecule has 2 rings (SSSR count). The summed E-state index contributed by atoms with van der Waals surface area (Å²) in [5.74, 6) is 0.776. The second-order valence-corrected chi connectivity index (χ2v) is 4.73. The van der Waals surface area contributed by atoms with Crippen molar-refractivity contribution < 1.29 is 0 Å². The molecule has 0 atom stereocenters. The molecule has 0 aromatic heterocycles. The molecule has 0 unspecified atom stereocenters. The number of aryl methyl sites for hydroxylation is 1. The first kappa shape index (κ1) is 11.6. The van der Waals surface area contributed by atoms with Gasteiger partial charge in [0, 0.05) is 24.5 Å². The average molecular weight is 233 g/mol. The molecule has 0 radical (unpaired) electrons. The predicted molar refractivity (Wildman–Crippen MR) is 74.6 cm³/mol. The summed E-state index contributed by atoms with van der Waals surface area (Å²) in [5.41, 5.74) is 4.06. The quantitative estimate of drug-likeness (QED) is 0.619. The van der Waals surface area contributed by atoms with Gasteiger partial charge in [0.15, 0.2) is 0 Å². The highest BCUT2D eigenvalue weighted by atomic mass is 32.1. The Bertz CT molecular complexity index is 373. The van der Waals surface area contributed by atoms with Crippen LogP contribution in [0.3, 0.4) is 0 Å². The van der Waals surface area contributed by atoms with Crippen LogP contribution < -0.4 is 4.90 Å². The van der Waals surface area contributed by atoms with Crippen molar-refractivity contribution in [2.24, 2.45) is 0 Å². The van der Waals surface area contributed by atoms with Gasteiger partial charge in [0.2, 0.25) is 0 Å². The van der Waals surface area contributed by atoms with E-state index >= 15 is 0 Å². The Balaban J connectivity index is 2.22. The molecule has 0 bridgehead atoms. The minimum atomic E-state index is 0.776. The lowest BCUT2D eigenvalue weighted by molar-refractivity contribution is 0.732. The van der Waals surface area contributed by atoms with Gasteiger partial charge in [-0.05, 0) is 36.5 Å². The number of benzene rings is 1. The summed E-state index contributed by atoms with van der Waals surface area (Å²) < 4.78 is 0. The van der Waals surface area contributed by atoms with Gasteiger partial charge in [-0.2, -0.15) is 12.6 Å². The molecule has 1 aliphatic heterocycles. The van der Waals surface area contributed by atoms with E-state index in [2.05, 4.69) is 48.4 Å². The zero-order valence-corrected chi connectivity index (χ0v) is 10.5. The van der Waals surface area contributed by atoms with Gasteiger partial charge >= 0.3 is 0 Å². The molecule has 2 heteroatoms. The number of fused-ring (bicyclic) bond motifs is 1. The second kappa shape index (κ2) is 5.44. The molecule has 1 aromatic rings. The van der Waals surface area contributed by atoms with E-state index in [4.69, 9.17) is 0 Å². The van der Waals surface area contributed by atoms with Crippen molar-refractivity contribution in [1.29, 1.82) is 0 Å². The average Bonchev–Trinajstić information content (AvgIpc) is 2.52. The molecule has 0 spiro atoms. The van der Waals surface area contributed by atoms with Crippen molar-refractivity contribution in [3.05, 3.63) is 42.0 Å². The highest BCUT2D eigenvalue weighted by molar-refractivity contribution is 7.80. The third-order valence-corrected chi connectivity index (χ3v) is 3.54. The highest BCUT2D eigenvalue weighted by Crippen LogP contribution is 2.26. The number of hydrogen-bond acceptors (Lipinski definition) is 2. The molecule has 1 aromatic carbocycles. The molecule has 0 fully saturated rings. The molecule has 0 saturated carbocycles. The van der Waals surface area contributed by atoms with E-state index < -0.39 is 0 Å². The van der Waals surface area contributed by atoms with E-state index in [-0.39, 0.29) is 0 Å². The predicted octanol–water partition coefficient (Wildman–Crippen LogP) is 3.32. The first-order valence-corrected chi connectivity index (χ1v) is 6.55. The number of anilines is 1. The van der Waals surface area contributed by atoms with Crippen molar-refractivity contribution in [2.45, 2.75) is 19.3 Å². The summed E-state index contributed by atoms with van der Waals surface area (Å²) in [4.78, 5) is 2.45. The molecule has 1 aliphatic rings. The standard InChI is InChI=1S/C14H19NS/c1-12(11-16)10-15-9-5-4-7-13-6-2-3-8-14(13)15/h2-3,6,8,16H,1,4-5,7,9-11H2. The molecule has 1 nitrogen and oxygen atoms in total. The van der Waals surface area contributed by atoms with Crippen LogP contribution >= 0.6 is 12.6 Å². The Hall–Kier alpha value is -0.890. The van der Waals surface area contributed by atoms with Crippen molar-refractivity contribution >= 4 is 18.3 Å². The Kier molecular flexibility index (Phi) is 3.94. The van der Waals surface area contributed by atoms with E-state index in [1.165, 1.54) is 36.1 Å². The molecule has 86 valence electrons. The summed E-state index contributed by atoms with van der Waals surface area (Å²) in [5, 5.41) is 0. The maximum Gasteiger partial charge on any atom is 0.0401 e. The number of nitrogens with zero attached hydrogens (tertiary/aromatic N) is 1. The number of thiol groups is 1. The third-order valence-electron chi connectivity index (χ3n) is 3.09. The molecule has 0 amide bonds. The Labute approximate surface area is 104 Å².